The molecule has 0 saturated carbocycles. The van der Waals surface area contributed by atoms with Gasteiger partial charge in [0.2, 0.25) is 0 Å². The molecule has 0 spiro atoms. The lowest BCUT2D eigenvalue weighted by molar-refractivity contribution is -0.146. The number of ketones is 1. The predicted octanol–water partition coefficient (Wildman–Crippen LogP) is -3.84. The zero-order valence-corrected chi connectivity index (χ0v) is 12.7. The van der Waals surface area contributed by atoms with Gasteiger partial charge in [-0.25, -0.2) is 0 Å². The third kappa shape index (κ3) is 8.32. The highest BCUT2D eigenvalue weighted by atomic mass is 16.4. The van der Waals surface area contributed by atoms with Gasteiger partial charge in [-0.3, -0.25) is 9.59 Å². The number of carbonyl (C=O) groups is 2. The van der Waals surface area contributed by atoms with E-state index in [9.17, 15) is 24.9 Å². The van der Waals surface area contributed by atoms with E-state index in [1.165, 1.54) is 0 Å². The zero-order valence-electron chi connectivity index (χ0n) is 12.7. The van der Waals surface area contributed by atoms with Crippen LogP contribution in [0.1, 0.15) is 19.3 Å². The quantitative estimate of drug-likeness (QED) is 0.154. The summed E-state index contributed by atoms with van der Waals surface area (Å²) >= 11 is 0. The molecule has 23 heavy (non-hydrogen) atoms. The number of carboxylic acids is 1. The molecular formula is C13H26N2O8. The van der Waals surface area contributed by atoms with Crippen molar-refractivity contribution in [2.24, 2.45) is 5.73 Å². The minimum Gasteiger partial charge on any atom is -0.480 e. The summed E-state index contributed by atoms with van der Waals surface area (Å²) in [6.07, 6.45) is -5.92. The summed E-state index contributed by atoms with van der Waals surface area (Å²) in [4.78, 5) is 22.1. The van der Waals surface area contributed by atoms with Crippen molar-refractivity contribution in [3.8, 4) is 0 Å². The second-order valence-electron chi connectivity index (χ2n) is 5.26. The number of Topliss-reactive ketones (excluding diaryl/α,β-unsaturated/α-hetero) is 1. The van der Waals surface area contributed by atoms with Crippen LogP contribution in [0.25, 0.3) is 0 Å². The molecule has 5 unspecified atom stereocenters. The maximum atomic E-state index is 11.6. The van der Waals surface area contributed by atoms with E-state index < -0.39 is 48.8 Å². The van der Waals surface area contributed by atoms with E-state index in [1.807, 2.05) is 0 Å². The summed E-state index contributed by atoms with van der Waals surface area (Å²) < 4.78 is 0. The number of carboxylic acid groups (broad SMARTS) is 1. The molecule has 0 aliphatic rings. The first-order valence-corrected chi connectivity index (χ1v) is 7.27. The van der Waals surface area contributed by atoms with Crippen LogP contribution < -0.4 is 11.1 Å². The van der Waals surface area contributed by atoms with Crippen LogP contribution in [-0.2, 0) is 9.59 Å². The Morgan fingerprint density at radius 1 is 1.04 bits per heavy atom. The van der Waals surface area contributed by atoms with Crippen LogP contribution in [0, 0.1) is 0 Å². The first-order chi connectivity index (χ1) is 10.7. The average Bonchev–Trinajstić information content (AvgIpc) is 2.54. The molecule has 5 atom stereocenters. The maximum absolute atomic E-state index is 11.6. The maximum Gasteiger partial charge on any atom is 0.320 e. The summed E-state index contributed by atoms with van der Waals surface area (Å²) in [7, 11) is 0. The Morgan fingerprint density at radius 2 is 1.65 bits per heavy atom. The number of aliphatic hydroxyl groups is 5. The lowest BCUT2D eigenvalue weighted by atomic mass is 10.0. The minimum atomic E-state index is -1.92. The van der Waals surface area contributed by atoms with Gasteiger partial charge in [-0.1, -0.05) is 6.42 Å². The first-order valence-electron chi connectivity index (χ1n) is 7.27. The van der Waals surface area contributed by atoms with E-state index in [-0.39, 0.29) is 6.54 Å². The monoisotopic (exact) mass is 338 g/mol. The molecule has 0 aliphatic heterocycles. The van der Waals surface area contributed by atoms with Crippen LogP contribution in [0.2, 0.25) is 0 Å². The van der Waals surface area contributed by atoms with Gasteiger partial charge in [0.25, 0.3) is 0 Å². The summed E-state index contributed by atoms with van der Waals surface area (Å²) in [6.45, 7) is -0.719. The predicted molar refractivity (Wildman–Crippen MR) is 78.5 cm³/mol. The Balaban J connectivity index is 3.95. The SMILES string of the molecule is NC(CCCCNCC(=O)C(O)C(O)C(O)C(O)CO)C(=O)O. The van der Waals surface area contributed by atoms with E-state index >= 15 is 0 Å². The fourth-order valence-corrected chi connectivity index (χ4v) is 1.77. The molecule has 10 nitrogen and oxygen atoms in total. The average molecular weight is 338 g/mol. The Bertz CT molecular complexity index is 368. The topological polar surface area (TPSA) is 194 Å². The molecule has 0 radical (unpaired) electrons. The highest BCUT2D eigenvalue weighted by Gasteiger charge is 2.33. The molecule has 0 aromatic rings. The van der Waals surface area contributed by atoms with E-state index in [1.54, 1.807) is 0 Å². The van der Waals surface area contributed by atoms with E-state index in [0.29, 0.717) is 25.8 Å². The number of aliphatic carboxylic acids is 1. The van der Waals surface area contributed by atoms with Crippen molar-refractivity contribution < 1.29 is 40.2 Å². The fraction of sp³-hybridized carbons (Fsp3) is 0.846. The first kappa shape index (κ1) is 21.9. The summed E-state index contributed by atoms with van der Waals surface area (Å²) in [5, 5.41) is 57.5. The Hall–Kier alpha value is -1.14. The summed E-state index contributed by atoms with van der Waals surface area (Å²) in [5.41, 5.74) is 5.32. The molecule has 0 bridgehead atoms. The molecule has 0 fully saturated rings. The van der Waals surface area contributed by atoms with Crippen LogP contribution in [0.15, 0.2) is 0 Å². The van der Waals surface area contributed by atoms with E-state index in [4.69, 9.17) is 21.1 Å². The lowest BCUT2D eigenvalue weighted by Gasteiger charge is -2.24. The van der Waals surface area contributed by atoms with E-state index in [0.717, 1.165) is 0 Å². The van der Waals surface area contributed by atoms with Gasteiger partial charge in [0.05, 0.1) is 13.2 Å². The van der Waals surface area contributed by atoms with Gasteiger partial charge in [0.15, 0.2) is 5.78 Å². The Morgan fingerprint density at radius 3 is 2.17 bits per heavy atom. The van der Waals surface area contributed by atoms with Gasteiger partial charge in [-0.05, 0) is 19.4 Å². The van der Waals surface area contributed by atoms with Crippen molar-refractivity contribution in [3.05, 3.63) is 0 Å². The Labute approximate surface area is 133 Å². The molecule has 0 aliphatic carbocycles. The number of aliphatic hydroxyl groups excluding tert-OH is 5. The third-order valence-corrected chi connectivity index (χ3v) is 3.32. The van der Waals surface area contributed by atoms with Gasteiger partial charge in [0.1, 0.15) is 30.5 Å². The molecule has 0 amide bonds. The van der Waals surface area contributed by atoms with Crippen LogP contribution in [0.3, 0.4) is 0 Å². The molecule has 0 rings (SSSR count). The van der Waals surface area contributed by atoms with Gasteiger partial charge < -0.3 is 41.7 Å². The van der Waals surface area contributed by atoms with Crippen molar-refractivity contribution in [3.63, 3.8) is 0 Å². The van der Waals surface area contributed by atoms with Crippen molar-refractivity contribution in [1.82, 2.24) is 5.32 Å². The molecule has 0 aromatic carbocycles. The second kappa shape index (κ2) is 11.4. The Kier molecular flexibility index (Phi) is 10.8. The number of nitrogens with two attached hydrogens (primary N) is 1. The van der Waals surface area contributed by atoms with Gasteiger partial charge >= 0.3 is 5.97 Å². The third-order valence-electron chi connectivity index (χ3n) is 3.32. The largest absolute Gasteiger partial charge is 0.480 e. The smallest absolute Gasteiger partial charge is 0.320 e. The molecule has 136 valence electrons. The number of carbonyl (C=O) groups excluding carboxylic acids is 1. The number of hydrogen-bond donors (Lipinski definition) is 8. The second-order valence-corrected chi connectivity index (χ2v) is 5.26. The highest BCUT2D eigenvalue weighted by molar-refractivity contribution is 5.85. The van der Waals surface area contributed by atoms with Crippen molar-refractivity contribution in [2.75, 3.05) is 19.7 Å². The number of nitrogens with one attached hydrogen (secondary N) is 1. The normalized spacial score (nSPS) is 18.0. The summed E-state index contributed by atoms with van der Waals surface area (Å²) in [6, 6.07) is -0.923. The molecule has 10 heteroatoms. The van der Waals surface area contributed by atoms with Gasteiger partial charge in [0, 0.05) is 0 Å². The van der Waals surface area contributed by atoms with Crippen molar-refractivity contribution in [2.45, 2.75) is 49.7 Å². The van der Waals surface area contributed by atoms with Crippen LogP contribution in [-0.4, -0.2) is 92.5 Å². The fourth-order valence-electron chi connectivity index (χ4n) is 1.77. The standard InChI is InChI=1S/C13H26N2O8/c14-7(13(22)23)3-1-2-4-15-5-8(17)10(19)12(21)11(20)9(18)6-16/h7,9-12,15-16,18-21H,1-6,14H2,(H,22,23). The molecule has 0 saturated heterocycles. The lowest BCUT2D eigenvalue weighted by Crippen LogP contribution is -2.50. The summed E-state index contributed by atoms with van der Waals surface area (Å²) in [5.74, 6) is -1.86. The van der Waals surface area contributed by atoms with Crippen LogP contribution in [0.5, 0.6) is 0 Å². The molecule has 0 aromatic heterocycles. The van der Waals surface area contributed by atoms with Crippen molar-refractivity contribution in [1.29, 1.82) is 0 Å². The van der Waals surface area contributed by atoms with Crippen LogP contribution in [0.4, 0.5) is 0 Å². The minimum absolute atomic E-state index is 0.273. The molecule has 9 N–H and O–H groups in total. The van der Waals surface area contributed by atoms with E-state index in [2.05, 4.69) is 5.32 Å². The molecular weight excluding hydrogens is 312 g/mol. The number of rotatable bonds is 13. The van der Waals surface area contributed by atoms with Crippen molar-refractivity contribution >= 4 is 11.8 Å². The highest BCUT2D eigenvalue weighted by Crippen LogP contribution is 2.06. The number of hydrogen-bond acceptors (Lipinski definition) is 9. The van der Waals surface area contributed by atoms with Crippen LogP contribution >= 0.6 is 0 Å². The zero-order chi connectivity index (χ0) is 18.0. The van der Waals surface area contributed by atoms with Gasteiger partial charge in [-0.15, -0.1) is 0 Å². The van der Waals surface area contributed by atoms with Gasteiger partial charge in [-0.2, -0.15) is 0 Å². The number of unbranched alkanes of at least 4 members (excludes halogenated alkanes) is 1. The molecule has 0 heterocycles.